The molecule has 2 aromatic carbocycles. The lowest BCUT2D eigenvalue weighted by Crippen LogP contribution is -2.23. The van der Waals surface area contributed by atoms with Crippen LogP contribution in [0.4, 0.5) is 0 Å². The van der Waals surface area contributed by atoms with Crippen LogP contribution >= 0.6 is 0 Å². The Morgan fingerprint density at radius 3 is 2.12 bits per heavy atom. The Morgan fingerprint density at radius 2 is 1.64 bits per heavy atom. The first-order valence-electron chi connectivity index (χ1n) is 8.00. The SMILES string of the molecule is COCC(C)(C)c1ccc(-c2c(C(N)=O)ccc(OC)c2OC)cc1. The number of nitrogens with two attached hydrogens (primary N) is 1. The molecule has 0 radical (unpaired) electrons. The van der Waals surface area contributed by atoms with Gasteiger partial charge in [-0.3, -0.25) is 4.79 Å². The minimum atomic E-state index is -0.514. The van der Waals surface area contributed by atoms with Gasteiger partial charge in [-0.1, -0.05) is 38.1 Å². The monoisotopic (exact) mass is 343 g/mol. The van der Waals surface area contributed by atoms with Crippen molar-refractivity contribution in [1.29, 1.82) is 0 Å². The average molecular weight is 343 g/mol. The predicted octanol–water partition coefficient (Wildman–Crippen LogP) is 3.39. The Hall–Kier alpha value is -2.53. The lowest BCUT2D eigenvalue weighted by atomic mass is 9.84. The van der Waals surface area contributed by atoms with Crippen LogP contribution in [0, 0.1) is 0 Å². The molecule has 2 aromatic rings. The second-order valence-electron chi connectivity index (χ2n) is 6.48. The van der Waals surface area contributed by atoms with E-state index in [0.717, 1.165) is 11.1 Å². The molecule has 0 spiro atoms. The van der Waals surface area contributed by atoms with Gasteiger partial charge < -0.3 is 19.9 Å². The molecular weight excluding hydrogens is 318 g/mol. The van der Waals surface area contributed by atoms with Crippen molar-refractivity contribution in [1.82, 2.24) is 0 Å². The number of rotatable bonds is 7. The Balaban J connectivity index is 2.59. The molecule has 0 aromatic heterocycles. The topological polar surface area (TPSA) is 70.8 Å². The fraction of sp³-hybridized carbons (Fsp3) is 0.350. The van der Waals surface area contributed by atoms with E-state index in [0.29, 0.717) is 29.2 Å². The second kappa shape index (κ2) is 7.57. The van der Waals surface area contributed by atoms with Gasteiger partial charge in [-0.2, -0.15) is 0 Å². The van der Waals surface area contributed by atoms with E-state index >= 15 is 0 Å². The molecule has 0 atom stereocenters. The van der Waals surface area contributed by atoms with E-state index in [4.69, 9.17) is 19.9 Å². The van der Waals surface area contributed by atoms with Gasteiger partial charge in [0, 0.05) is 18.1 Å². The maximum Gasteiger partial charge on any atom is 0.249 e. The number of amides is 1. The lowest BCUT2D eigenvalue weighted by molar-refractivity contribution is 0.100. The zero-order valence-corrected chi connectivity index (χ0v) is 15.4. The molecule has 1 amide bonds. The first-order valence-corrected chi connectivity index (χ1v) is 8.00. The standard InChI is InChI=1S/C20H25NO4/c1-20(2,12-23-3)14-8-6-13(7-9-14)17-15(19(21)22)10-11-16(24-4)18(17)25-5/h6-11H,12H2,1-5H3,(H2,21,22). The van der Waals surface area contributed by atoms with Crippen LogP contribution in [0.15, 0.2) is 36.4 Å². The largest absolute Gasteiger partial charge is 0.493 e. The van der Waals surface area contributed by atoms with Gasteiger partial charge in [0.15, 0.2) is 11.5 Å². The molecule has 0 aliphatic heterocycles. The van der Waals surface area contributed by atoms with E-state index in [1.807, 2.05) is 24.3 Å². The quantitative estimate of drug-likeness (QED) is 0.836. The summed E-state index contributed by atoms with van der Waals surface area (Å²) in [5.74, 6) is 0.522. The number of ether oxygens (including phenoxy) is 3. The fourth-order valence-electron chi connectivity index (χ4n) is 2.95. The van der Waals surface area contributed by atoms with Crippen LogP contribution in [-0.2, 0) is 10.2 Å². The molecule has 0 bridgehead atoms. The van der Waals surface area contributed by atoms with E-state index in [2.05, 4.69) is 13.8 Å². The van der Waals surface area contributed by atoms with Gasteiger partial charge in [-0.15, -0.1) is 0 Å². The van der Waals surface area contributed by atoms with Gasteiger partial charge in [0.2, 0.25) is 5.91 Å². The van der Waals surface area contributed by atoms with Gasteiger partial charge >= 0.3 is 0 Å². The zero-order valence-electron chi connectivity index (χ0n) is 15.4. The molecule has 5 nitrogen and oxygen atoms in total. The predicted molar refractivity (Wildman–Crippen MR) is 98.4 cm³/mol. The molecule has 134 valence electrons. The number of methoxy groups -OCH3 is 3. The number of hydrogen-bond donors (Lipinski definition) is 1. The highest BCUT2D eigenvalue weighted by molar-refractivity contribution is 6.02. The summed E-state index contributed by atoms with van der Waals surface area (Å²) in [4.78, 5) is 11.9. The van der Waals surface area contributed by atoms with E-state index in [-0.39, 0.29) is 5.41 Å². The fourth-order valence-corrected chi connectivity index (χ4v) is 2.95. The average Bonchev–Trinajstić information content (AvgIpc) is 2.60. The number of carbonyl (C=O) groups excluding carboxylic acids is 1. The van der Waals surface area contributed by atoms with Crippen LogP contribution < -0.4 is 15.2 Å². The highest BCUT2D eigenvalue weighted by Gasteiger charge is 2.23. The van der Waals surface area contributed by atoms with Gasteiger partial charge in [0.25, 0.3) is 0 Å². The van der Waals surface area contributed by atoms with E-state index in [1.165, 1.54) is 0 Å². The zero-order chi connectivity index (χ0) is 18.6. The lowest BCUT2D eigenvalue weighted by Gasteiger charge is -2.24. The summed E-state index contributed by atoms with van der Waals surface area (Å²) in [5.41, 5.74) is 8.44. The third kappa shape index (κ3) is 3.77. The maximum atomic E-state index is 11.9. The first-order chi connectivity index (χ1) is 11.9. The Bertz CT molecular complexity index is 751. The minimum absolute atomic E-state index is 0.113. The molecular formula is C20H25NO4. The summed E-state index contributed by atoms with van der Waals surface area (Å²) < 4.78 is 16.1. The molecule has 5 heteroatoms. The summed E-state index contributed by atoms with van der Waals surface area (Å²) in [7, 11) is 4.79. The minimum Gasteiger partial charge on any atom is -0.493 e. The van der Waals surface area contributed by atoms with Gasteiger partial charge in [-0.25, -0.2) is 0 Å². The number of primary amides is 1. The van der Waals surface area contributed by atoms with Crippen LogP contribution in [0.5, 0.6) is 11.5 Å². The highest BCUT2D eigenvalue weighted by Crippen LogP contribution is 2.41. The highest BCUT2D eigenvalue weighted by atomic mass is 16.5. The van der Waals surface area contributed by atoms with E-state index in [9.17, 15) is 4.79 Å². The van der Waals surface area contributed by atoms with Crippen LogP contribution in [0.25, 0.3) is 11.1 Å². The van der Waals surface area contributed by atoms with Crippen molar-refractivity contribution in [2.45, 2.75) is 19.3 Å². The summed E-state index contributed by atoms with van der Waals surface area (Å²) >= 11 is 0. The molecule has 25 heavy (non-hydrogen) atoms. The summed E-state index contributed by atoms with van der Waals surface area (Å²) in [6.07, 6.45) is 0. The van der Waals surface area contributed by atoms with E-state index in [1.54, 1.807) is 33.5 Å². The Morgan fingerprint density at radius 1 is 1.00 bits per heavy atom. The summed E-state index contributed by atoms with van der Waals surface area (Å²) in [6.45, 7) is 4.85. The number of carbonyl (C=O) groups is 1. The van der Waals surface area contributed by atoms with Crippen molar-refractivity contribution >= 4 is 5.91 Å². The third-order valence-electron chi connectivity index (χ3n) is 4.27. The maximum absolute atomic E-state index is 11.9. The Kier molecular flexibility index (Phi) is 5.69. The molecule has 0 fully saturated rings. The van der Waals surface area contributed by atoms with Crippen LogP contribution in [0.1, 0.15) is 29.8 Å². The molecule has 2 N–H and O–H groups in total. The van der Waals surface area contributed by atoms with Crippen LogP contribution in [0.2, 0.25) is 0 Å². The normalized spacial score (nSPS) is 11.2. The van der Waals surface area contributed by atoms with Crippen molar-refractivity contribution in [3.05, 3.63) is 47.5 Å². The third-order valence-corrected chi connectivity index (χ3v) is 4.27. The van der Waals surface area contributed by atoms with Crippen molar-refractivity contribution in [3.63, 3.8) is 0 Å². The molecule has 0 heterocycles. The van der Waals surface area contributed by atoms with Crippen molar-refractivity contribution < 1.29 is 19.0 Å². The van der Waals surface area contributed by atoms with Gasteiger partial charge in [0.1, 0.15) is 0 Å². The Labute approximate surface area is 148 Å². The molecule has 0 saturated carbocycles. The van der Waals surface area contributed by atoms with Gasteiger partial charge in [0.05, 0.1) is 26.4 Å². The van der Waals surface area contributed by atoms with Crippen LogP contribution in [-0.4, -0.2) is 33.8 Å². The van der Waals surface area contributed by atoms with Crippen LogP contribution in [0.3, 0.4) is 0 Å². The molecule has 2 rings (SSSR count). The second-order valence-corrected chi connectivity index (χ2v) is 6.48. The van der Waals surface area contributed by atoms with Crippen molar-refractivity contribution in [3.8, 4) is 22.6 Å². The molecule has 0 aliphatic rings. The smallest absolute Gasteiger partial charge is 0.249 e. The molecule has 0 saturated heterocycles. The number of hydrogen-bond acceptors (Lipinski definition) is 4. The summed E-state index contributed by atoms with van der Waals surface area (Å²) in [6, 6.07) is 11.3. The van der Waals surface area contributed by atoms with Crippen molar-refractivity contribution in [2.24, 2.45) is 5.73 Å². The molecule has 0 unspecified atom stereocenters. The first kappa shape index (κ1) is 18.8. The van der Waals surface area contributed by atoms with E-state index < -0.39 is 5.91 Å². The molecule has 0 aliphatic carbocycles. The number of benzene rings is 2. The van der Waals surface area contributed by atoms with Gasteiger partial charge in [-0.05, 0) is 23.3 Å². The summed E-state index contributed by atoms with van der Waals surface area (Å²) in [5, 5.41) is 0. The van der Waals surface area contributed by atoms with Crippen molar-refractivity contribution in [2.75, 3.05) is 27.9 Å².